The predicted octanol–water partition coefficient (Wildman–Crippen LogP) is 1.98. The van der Waals surface area contributed by atoms with Crippen molar-refractivity contribution in [3.63, 3.8) is 0 Å². The zero-order chi connectivity index (χ0) is 31.4. The Morgan fingerprint density at radius 1 is 0.955 bits per heavy atom. The highest BCUT2D eigenvalue weighted by molar-refractivity contribution is 6.00. The molecule has 0 radical (unpaired) electrons. The van der Waals surface area contributed by atoms with Gasteiger partial charge in [0.1, 0.15) is 18.9 Å². The van der Waals surface area contributed by atoms with E-state index in [1.807, 2.05) is 48.3 Å². The van der Waals surface area contributed by atoms with Gasteiger partial charge >= 0.3 is 5.97 Å². The number of nitrogens with zero attached hydrogens (tertiary/aromatic N) is 5. The molecule has 1 saturated heterocycles. The average molecular weight is 602 g/mol. The summed E-state index contributed by atoms with van der Waals surface area (Å²) >= 11 is 0. The van der Waals surface area contributed by atoms with Gasteiger partial charge in [-0.3, -0.25) is 28.5 Å². The van der Waals surface area contributed by atoms with Gasteiger partial charge in [-0.1, -0.05) is 24.3 Å². The lowest BCUT2D eigenvalue weighted by atomic mass is 9.89. The summed E-state index contributed by atoms with van der Waals surface area (Å²) < 4.78 is 3.45. The van der Waals surface area contributed by atoms with Crippen LogP contribution in [0.25, 0.3) is 32.9 Å². The number of Topliss-reactive ketones (excluding diaryl/α,β-unsaturated/α-hetero) is 1. The van der Waals surface area contributed by atoms with E-state index in [0.29, 0.717) is 25.9 Å². The van der Waals surface area contributed by atoms with Crippen molar-refractivity contribution in [1.29, 1.82) is 0 Å². The Morgan fingerprint density at radius 2 is 1.70 bits per heavy atom. The van der Waals surface area contributed by atoms with Crippen molar-refractivity contribution < 1.29 is 29.1 Å². The number of carboxylic acid groups (broad SMARTS) is 1. The van der Waals surface area contributed by atoms with Crippen LogP contribution in [0.15, 0.2) is 42.6 Å². The molecular formula is C31H35N7O6. The molecule has 3 N–H and O–H groups in total. The number of nitrogens with one attached hydrogen (secondary N) is 2. The van der Waals surface area contributed by atoms with E-state index in [9.17, 15) is 24.0 Å². The lowest BCUT2D eigenvalue weighted by Gasteiger charge is -2.31. The van der Waals surface area contributed by atoms with Gasteiger partial charge in [-0.2, -0.15) is 10.2 Å². The van der Waals surface area contributed by atoms with E-state index in [2.05, 4.69) is 21.8 Å². The topological polar surface area (TPSA) is 169 Å². The summed E-state index contributed by atoms with van der Waals surface area (Å²) in [4.78, 5) is 61.3. The lowest BCUT2D eigenvalue weighted by Crippen LogP contribution is -2.40. The van der Waals surface area contributed by atoms with Crippen LogP contribution < -0.4 is 10.6 Å². The molecule has 4 aromatic rings. The smallest absolute Gasteiger partial charge is 0.322 e. The third kappa shape index (κ3) is 6.77. The van der Waals surface area contributed by atoms with Gasteiger partial charge in [0.25, 0.3) is 0 Å². The van der Waals surface area contributed by atoms with Crippen LogP contribution in [0, 0.1) is 0 Å². The quantitative estimate of drug-likeness (QED) is 0.235. The molecule has 13 nitrogen and oxygen atoms in total. The monoisotopic (exact) mass is 601 g/mol. The summed E-state index contributed by atoms with van der Waals surface area (Å²) in [5.74, 6) is -2.23. The number of aryl methyl sites for hydroxylation is 1. The highest BCUT2D eigenvalue weighted by Crippen LogP contribution is 2.39. The molecule has 0 unspecified atom stereocenters. The van der Waals surface area contributed by atoms with Crippen LogP contribution >= 0.6 is 0 Å². The predicted molar refractivity (Wildman–Crippen MR) is 162 cm³/mol. The minimum Gasteiger partial charge on any atom is -0.480 e. The summed E-state index contributed by atoms with van der Waals surface area (Å²) in [7, 11) is 1.89. The van der Waals surface area contributed by atoms with Crippen LogP contribution in [0.5, 0.6) is 0 Å². The number of piperidine rings is 1. The molecule has 0 spiro atoms. The molecule has 0 saturated carbocycles. The Morgan fingerprint density at radius 3 is 2.43 bits per heavy atom. The highest BCUT2D eigenvalue weighted by Gasteiger charge is 2.29. The molecule has 5 rings (SSSR count). The molecule has 3 heterocycles. The van der Waals surface area contributed by atoms with Crippen LogP contribution in [0.2, 0.25) is 0 Å². The van der Waals surface area contributed by atoms with Crippen molar-refractivity contribution in [1.82, 2.24) is 35.1 Å². The van der Waals surface area contributed by atoms with E-state index in [4.69, 9.17) is 10.2 Å². The normalized spacial score (nSPS) is 13.7. The van der Waals surface area contributed by atoms with Crippen molar-refractivity contribution >= 4 is 51.3 Å². The summed E-state index contributed by atoms with van der Waals surface area (Å²) in [6, 6.07) is 12.0. The summed E-state index contributed by atoms with van der Waals surface area (Å²) in [5.41, 5.74) is 4.51. The van der Waals surface area contributed by atoms with Gasteiger partial charge in [0.05, 0.1) is 29.5 Å². The van der Waals surface area contributed by atoms with E-state index >= 15 is 0 Å². The zero-order valence-corrected chi connectivity index (χ0v) is 24.7. The zero-order valence-electron chi connectivity index (χ0n) is 24.7. The molecular weight excluding hydrogens is 566 g/mol. The number of rotatable bonds is 11. The molecule has 0 bridgehead atoms. The van der Waals surface area contributed by atoms with Gasteiger partial charge in [0.15, 0.2) is 0 Å². The summed E-state index contributed by atoms with van der Waals surface area (Å²) in [6.07, 6.45) is 3.63. The van der Waals surface area contributed by atoms with Crippen LogP contribution in [0.3, 0.4) is 0 Å². The maximum atomic E-state index is 12.9. The van der Waals surface area contributed by atoms with Crippen LogP contribution in [0.1, 0.15) is 44.2 Å². The summed E-state index contributed by atoms with van der Waals surface area (Å²) in [5, 5.41) is 24.7. The molecule has 0 aliphatic carbocycles. The third-order valence-electron chi connectivity index (χ3n) is 7.97. The number of aromatic nitrogens is 4. The van der Waals surface area contributed by atoms with E-state index < -0.39 is 24.3 Å². The molecule has 230 valence electrons. The number of hydrogen-bond donors (Lipinski definition) is 3. The number of carbonyl (C=O) groups excluding carboxylic acids is 4. The Hall–Kier alpha value is -5.07. The van der Waals surface area contributed by atoms with Gasteiger partial charge in [-0.15, -0.1) is 0 Å². The molecule has 44 heavy (non-hydrogen) atoms. The van der Waals surface area contributed by atoms with E-state index in [1.54, 1.807) is 9.58 Å². The number of ketones is 1. The fraction of sp³-hybridized carbons (Fsp3) is 0.387. The van der Waals surface area contributed by atoms with E-state index in [-0.39, 0.29) is 43.5 Å². The van der Waals surface area contributed by atoms with Crippen molar-refractivity contribution in [3.8, 4) is 11.1 Å². The first-order valence-electron chi connectivity index (χ1n) is 14.5. The first-order chi connectivity index (χ1) is 21.1. The Bertz CT molecular complexity index is 1750. The minimum absolute atomic E-state index is 0.00740. The lowest BCUT2D eigenvalue weighted by molar-refractivity contribution is -0.137. The molecule has 13 heteroatoms. The van der Waals surface area contributed by atoms with Gasteiger partial charge in [-0.25, -0.2) is 0 Å². The number of carbonyl (C=O) groups is 5. The van der Waals surface area contributed by atoms with Gasteiger partial charge < -0.3 is 25.4 Å². The number of likely N-dealkylation sites (tertiary alicyclic amines) is 1. The molecule has 2 aromatic carbocycles. The Labute approximate surface area is 253 Å². The van der Waals surface area contributed by atoms with Gasteiger partial charge in [-0.05, 0) is 43.0 Å². The Kier molecular flexibility index (Phi) is 9.02. The van der Waals surface area contributed by atoms with Gasteiger partial charge in [0, 0.05) is 49.7 Å². The Balaban J connectivity index is 1.44. The van der Waals surface area contributed by atoms with Crippen LogP contribution in [-0.2, 0) is 37.6 Å². The minimum atomic E-state index is -1.18. The SMILES string of the molecule is CC(=O)CCC(=O)N1CCC(c2nn(CC(=O)NCC(=O)NCC(=O)O)c3cccc(-c4ccc5cnn(C)c5c4)c23)CC1. The fourth-order valence-electron chi connectivity index (χ4n) is 5.67. The maximum absolute atomic E-state index is 12.9. The number of fused-ring (bicyclic) bond motifs is 2. The molecule has 2 aromatic heterocycles. The highest BCUT2D eigenvalue weighted by atomic mass is 16.4. The first-order valence-corrected chi connectivity index (χ1v) is 14.5. The number of carboxylic acids is 1. The van der Waals surface area contributed by atoms with E-state index in [1.165, 1.54) is 6.92 Å². The third-order valence-corrected chi connectivity index (χ3v) is 7.97. The van der Waals surface area contributed by atoms with Crippen LogP contribution in [0.4, 0.5) is 0 Å². The molecule has 1 aliphatic heterocycles. The van der Waals surface area contributed by atoms with Crippen molar-refractivity contribution in [2.45, 2.75) is 45.1 Å². The van der Waals surface area contributed by atoms with Crippen molar-refractivity contribution in [3.05, 3.63) is 48.3 Å². The first kappa shape index (κ1) is 30.4. The number of hydrogen-bond acceptors (Lipinski definition) is 7. The molecule has 0 atom stereocenters. The number of aliphatic carboxylic acids is 1. The van der Waals surface area contributed by atoms with Crippen molar-refractivity contribution in [2.24, 2.45) is 7.05 Å². The largest absolute Gasteiger partial charge is 0.480 e. The summed E-state index contributed by atoms with van der Waals surface area (Å²) in [6.45, 7) is 1.55. The second-order valence-corrected chi connectivity index (χ2v) is 11.1. The number of benzene rings is 2. The van der Waals surface area contributed by atoms with E-state index in [0.717, 1.165) is 38.6 Å². The standard InChI is InChI=1S/C31H35N7O6/c1-19(39)6-9-28(42)37-12-10-20(11-13-37)31-30-23(21-7-8-22-15-34-36(2)25(22)14-21)4-3-5-24(30)38(35-31)18-27(41)32-16-26(40)33-17-29(43)44/h3-5,7-8,14-15,20H,6,9-13,16-18H2,1-2H3,(H,32,41)(H,33,40)(H,43,44). The number of amides is 3. The second-order valence-electron chi connectivity index (χ2n) is 11.1. The van der Waals surface area contributed by atoms with Crippen LogP contribution in [-0.4, -0.2) is 85.2 Å². The van der Waals surface area contributed by atoms with Crippen molar-refractivity contribution in [2.75, 3.05) is 26.2 Å². The maximum Gasteiger partial charge on any atom is 0.322 e. The molecule has 3 amide bonds. The molecule has 1 aliphatic rings. The van der Waals surface area contributed by atoms with Gasteiger partial charge in [0.2, 0.25) is 17.7 Å². The average Bonchev–Trinajstić information content (AvgIpc) is 3.57. The second kappa shape index (κ2) is 13.1. The fourth-order valence-corrected chi connectivity index (χ4v) is 5.67. The molecule has 1 fully saturated rings.